The number of pyridine rings is 1. The maximum absolute atomic E-state index is 12.9. The molecule has 32 heavy (non-hydrogen) atoms. The van der Waals surface area contributed by atoms with E-state index in [9.17, 15) is 4.79 Å². The Labute approximate surface area is 186 Å². The van der Waals surface area contributed by atoms with Crippen LogP contribution in [0.1, 0.15) is 47.6 Å². The second-order valence-corrected chi connectivity index (χ2v) is 8.63. The monoisotopic (exact) mass is 434 g/mol. The molecule has 1 unspecified atom stereocenters. The number of rotatable bonds is 4. The molecule has 1 amide bonds. The van der Waals surface area contributed by atoms with E-state index in [1.54, 1.807) is 24.8 Å². The zero-order valence-electron chi connectivity index (χ0n) is 18.1. The zero-order valence-corrected chi connectivity index (χ0v) is 18.1. The maximum Gasteiger partial charge on any atom is 0.255 e. The Bertz CT molecular complexity index is 1080. The summed E-state index contributed by atoms with van der Waals surface area (Å²) in [5, 5.41) is 4.05. The molecule has 2 aliphatic heterocycles. The summed E-state index contributed by atoms with van der Waals surface area (Å²) in [7, 11) is 0. The number of piperidine rings is 1. The third-order valence-electron chi connectivity index (χ3n) is 6.52. The smallest absolute Gasteiger partial charge is 0.255 e. The Balaban J connectivity index is 1.20. The van der Waals surface area contributed by atoms with Gasteiger partial charge in [-0.15, -0.1) is 0 Å². The fourth-order valence-corrected chi connectivity index (χ4v) is 4.75. The van der Waals surface area contributed by atoms with Crippen LogP contribution in [0.3, 0.4) is 0 Å². The van der Waals surface area contributed by atoms with Gasteiger partial charge >= 0.3 is 0 Å². The lowest BCUT2D eigenvalue weighted by Gasteiger charge is -2.46. The van der Waals surface area contributed by atoms with E-state index in [-0.39, 0.29) is 11.5 Å². The lowest BCUT2D eigenvalue weighted by molar-refractivity contribution is -0.124. The Morgan fingerprint density at radius 2 is 2.09 bits per heavy atom. The van der Waals surface area contributed by atoms with E-state index in [1.165, 1.54) is 0 Å². The Morgan fingerprint density at radius 1 is 1.22 bits per heavy atom. The van der Waals surface area contributed by atoms with Crippen molar-refractivity contribution in [1.82, 2.24) is 30.0 Å². The largest absolute Gasteiger partial charge is 0.375 e. The summed E-state index contributed by atoms with van der Waals surface area (Å²) in [4.78, 5) is 31.9. The normalized spacial score (nSPS) is 20.4. The van der Waals surface area contributed by atoms with Crippen molar-refractivity contribution in [2.45, 2.75) is 44.6 Å². The van der Waals surface area contributed by atoms with Crippen LogP contribution in [0.2, 0.25) is 0 Å². The fourth-order valence-electron chi connectivity index (χ4n) is 4.75. The van der Waals surface area contributed by atoms with Crippen LogP contribution in [-0.4, -0.2) is 61.2 Å². The molecule has 3 aromatic rings. The van der Waals surface area contributed by atoms with Gasteiger partial charge in [0.1, 0.15) is 5.69 Å². The molecular formula is C23H26N6O3. The van der Waals surface area contributed by atoms with E-state index in [0.717, 1.165) is 37.8 Å². The van der Waals surface area contributed by atoms with Crippen LogP contribution in [-0.2, 0) is 11.2 Å². The molecule has 3 aromatic heterocycles. The third-order valence-corrected chi connectivity index (χ3v) is 6.52. The molecule has 9 nitrogen and oxygen atoms in total. The average molecular weight is 435 g/mol. The van der Waals surface area contributed by atoms with Crippen molar-refractivity contribution in [2.75, 3.05) is 19.7 Å². The van der Waals surface area contributed by atoms with E-state index in [2.05, 4.69) is 25.1 Å². The molecule has 0 saturated carbocycles. The van der Waals surface area contributed by atoms with Gasteiger partial charge in [0.15, 0.2) is 0 Å². The Hall–Kier alpha value is -3.20. The fraction of sp³-hybridized carbons (Fsp3) is 0.478. The number of hydrogen-bond donors (Lipinski definition) is 0. The molecule has 2 fully saturated rings. The standard InChI is InChI=1S/C23H26N6O3/c1-16-18(3-2-7-25-16)22(30)29-10-5-23(6-11-29)14-17(4-12-31-23)13-20-27-21(28-32-20)19-15-24-8-9-26-19/h2-3,7-9,15,17H,4-6,10-14H2,1H3. The van der Waals surface area contributed by atoms with Gasteiger partial charge in [-0.05, 0) is 50.7 Å². The number of aryl methyl sites for hydroxylation is 1. The number of hydrogen-bond acceptors (Lipinski definition) is 8. The Kier molecular flexibility index (Phi) is 5.65. The maximum atomic E-state index is 12.9. The van der Waals surface area contributed by atoms with Crippen molar-refractivity contribution >= 4 is 5.91 Å². The van der Waals surface area contributed by atoms with Crippen molar-refractivity contribution in [3.8, 4) is 11.5 Å². The summed E-state index contributed by atoms with van der Waals surface area (Å²) in [6.07, 6.45) is 10.9. The van der Waals surface area contributed by atoms with Crippen LogP contribution in [0.15, 0.2) is 41.4 Å². The first-order valence-electron chi connectivity index (χ1n) is 11.1. The summed E-state index contributed by atoms with van der Waals surface area (Å²) in [6, 6.07) is 3.66. The summed E-state index contributed by atoms with van der Waals surface area (Å²) < 4.78 is 11.7. The van der Waals surface area contributed by atoms with Crippen LogP contribution in [0.5, 0.6) is 0 Å². The minimum atomic E-state index is -0.183. The van der Waals surface area contributed by atoms with Crippen LogP contribution >= 0.6 is 0 Å². The summed E-state index contributed by atoms with van der Waals surface area (Å²) in [5.41, 5.74) is 1.87. The van der Waals surface area contributed by atoms with Crippen molar-refractivity contribution < 1.29 is 14.1 Å². The second-order valence-electron chi connectivity index (χ2n) is 8.63. The minimum Gasteiger partial charge on any atom is -0.375 e. The lowest BCUT2D eigenvalue weighted by Crippen LogP contribution is -2.51. The second kappa shape index (κ2) is 8.74. The molecule has 1 spiro atoms. The first-order valence-corrected chi connectivity index (χ1v) is 11.1. The van der Waals surface area contributed by atoms with Crippen LogP contribution in [0.4, 0.5) is 0 Å². The molecule has 1 atom stereocenters. The molecular weight excluding hydrogens is 408 g/mol. The molecule has 2 saturated heterocycles. The highest BCUT2D eigenvalue weighted by Gasteiger charge is 2.41. The van der Waals surface area contributed by atoms with E-state index in [1.807, 2.05) is 24.0 Å². The number of carbonyl (C=O) groups is 1. The third kappa shape index (κ3) is 4.25. The van der Waals surface area contributed by atoms with Crippen molar-refractivity contribution in [1.29, 1.82) is 0 Å². The number of carbonyl (C=O) groups excluding carboxylic acids is 1. The number of aromatic nitrogens is 5. The highest BCUT2D eigenvalue weighted by atomic mass is 16.5. The number of amides is 1. The van der Waals surface area contributed by atoms with Gasteiger partial charge < -0.3 is 14.2 Å². The number of likely N-dealkylation sites (tertiary alicyclic amines) is 1. The highest BCUT2D eigenvalue weighted by Crippen LogP contribution is 2.39. The summed E-state index contributed by atoms with van der Waals surface area (Å²) in [6.45, 7) is 3.97. The van der Waals surface area contributed by atoms with Gasteiger partial charge in [0, 0.05) is 50.4 Å². The molecule has 0 bridgehead atoms. The average Bonchev–Trinajstić information content (AvgIpc) is 3.29. The SMILES string of the molecule is Cc1ncccc1C(=O)N1CCC2(CC1)CC(Cc1nc(-c3cnccn3)no1)CCO2. The van der Waals surface area contributed by atoms with Gasteiger partial charge in [0.2, 0.25) is 11.7 Å². The highest BCUT2D eigenvalue weighted by molar-refractivity contribution is 5.95. The van der Waals surface area contributed by atoms with Gasteiger partial charge in [-0.25, -0.2) is 4.98 Å². The van der Waals surface area contributed by atoms with E-state index in [4.69, 9.17) is 9.26 Å². The lowest BCUT2D eigenvalue weighted by atomic mass is 9.78. The van der Waals surface area contributed by atoms with Gasteiger partial charge in [-0.1, -0.05) is 5.16 Å². The topological polar surface area (TPSA) is 107 Å². The van der Waals surface area contributed by atoms with Crippen molar-refractivity contribution in [2.24, 2.45) is 5.92 Å². The van der Waals surface area contributed by atoms with Gasteiger partial charge in [0.05, 0.1) is 17.4 Å². The molecule has 166 valence electrons. The summed E-state index contributed by atoms with van der Waals surface area (Å²) in [5.74, 6) is 1.54. The zero-order chi connectivity index (χ0) is 22.0. The quantitative estimate of drug-likeness (QED) is 0.617. The van der Waals surface area contributed by atoms with E-state index in [0.29, 0.717) is 48.6 Å². The number of ether oxygens (including phenoxy) is 1. The molecule has 0 aliphatic carbocycles. The van der Waals surface area contributed by atoms with Gasteiger partial charge in [0.25, 0.3) is 5.91 Å². The predicted octanol–water partition coefficient (Wildman–Crippen LogP) is 2.87. The van der Waals surface area contributed by atoms with Crippen LogP contribution in [0, 0.1) is 12.8 Å². The first-order chi connectivity index (χ1) is 15.6. The molecule has 5 rings (SSSR count). The number of nitrogens with zero attached hydrogens (tertiary/aromatic N) is 6. The Morgan fingerprint density at radius 3 is 2.88 bits per heavy atom. The van der Waals surface area contributed by atoms with E-state index < -0.39 is 0 Å². The molecule has 9 heteroatoms. The first kappa shape index (κ1) is 20.7. The molecule has 0 radical (unpaired) electrons. The summed E-state index contributed by atoms with van der Waals surface area (Å²) >= 11 is 0. The van der Waals surface area contributed by atoms with E-state index >= 15 is 0 Å². The molecule has 0 aromatic carbocycles. The van der Waals surface area contributed by atoms with Crippen molar-refractivity contribution in [3.05, 3.63) is 54.1 Å². The molecule has 0 N–H and O–H groups in total. The minimum absolute atomic E-state index is 0.0558. The van der Waals surface area contributed by atoms with Crippen LogP contribution in [0.25, 0.3) is 11.5 Å². The van der Waals surface area contributed by atoms with Crippen LogP contribution < -0.4 is 0 Å². The van der Waals surface area contributed by atoms with Gasteiger partial charge in [-0.2, -0.15) is 4.98 Å². The molecule has 5 heterocycles. The van der Waals surface area contributed by atoms with Crippen molar-refractivity contribution in [3.63, 3.8) is 0 Å². The predicted molar refractivity (Wildman–Crippen MR) is 115 cm³/mol. The molecule has 2 aliphatic rings. The van der Waals surface area contributed by atoms with Gasteiger partial charge in [-0.3, -0.25) is 14.8 Å².